The van der Waals surface area contributed by atoms with Crippen molar-refractivity contribution in [2.45, 2.75) is 19.6 Å². The lowest BCUT2D eigenvalue weighted by atomic mass is 10.1. The standard InChI is InChI=1S/C23H22F2N4O3.2ClH/c1-2-31-21(23(30)29-12-14-5-7-15(8-6-14)22(26)27)19-17(24)9-10-18(20(19)25)32-16-4-3-11-28-13-16;;/h3-11,13,21H,2,12H2,1H3,(H3,26,27)(H,29,30);2*1H/t21-;;/m0../s1. The monoisotopic (exact) mass is 512 g/mol. The Hall–Kier alpha value is -3.27. The van der Waals surface area contributed by atoms with Gasteiger partial charge >= 0.3 is 0 Å². The fraction of sp³-hybridized carbons (Fsp3) is 0.174. The molecule has 0 unspecified atom stereocenters. The third-order valence-electron chi connectivity index (χ3n) is 4.52. The molecule has 0 aliphatic heterocycles. The van der Waals surface area contributed by atoms with E-state index >= 15 is 4.39 Å². The second-order valence-corrected chi connectivity index (χ2v) is 6.73. The van der Waals surface area contributed by atoms with Crippen LogP contribution in [0.4, 0.5) is 8.78 Å². The number of nitrogens with one attached hydrogen (secondary N) is 2. The molecule has 0 bridgehead atoms. The van der Waals surface area contributed by atoms with Crippen LogP contribution in [0.3, 0.4) is 0 Å². The van der Waals surface area contributed by atoms with Crippen molar-refractivity contribution in [3.8, 4) is 11.5 Å². The number of pyridine rings is 1. The highest BCUT2D eigenvalue weighted by Gasteiger charge is 2.30. The van der Waals surface area contributed by atoms with Gasteiger partial charge in [0.15, 0.2) is 17.7 Å². The Bertz CT molecular complexity index is 1100. The van der Waals surface area contributed by atoms with Crippen LogP contribution in [0.25, 0.3) is 0 Å². The first-order valence-corrected chi connectivity index (χ1v) is 9.79. The van der Waals surface area contributed by atoms with E-state index < -0.39 is 29.2 Å². The van der Waals surface area contributed by atoms with E-state index in [9.17, 15) is 9.18 Å². The molecule has 1 aromatic heterocycles. The van der Waals surface area contributed by atoms with Crippen LogP contribution >= 0.6 is 24.8 Å². The predicted molar refractivity (Wildman–Crippen MR) is 129 cm³/mol. The van der Waals surface area contributed by atoms with Crippen LogP contribution in [0.15, 0.2) is 60.9 Å². The molecule has 3 rings (SSSR count). The summed E-state index contributed by atoms with van der Waals surface area (Å²) in [5.41, 5.74) is 6.14. The minimum Gasteiger partial charge on any atom is -0.453 e. The zero-order valence-electron chi connectivity index (χ0n) is 18.1. The van der Waals surface area contributed by atoms with Gasteiger partial charge in [-0.2, -0.15) is 0 Å². The Labute approximate surface area is 208 Å². The summed E-state index contributed by atoms with van der Waals surface area (Å²) < 4.78 is 40.6. The number of hydrogen-bond donors (Lipinski definition) is 3. The number of nitrogen functional groups attached to an aromatic ring is 1. The predicted octanol–water partition coefficient (Wildman–Crippen LogP) is 4.67. The van der Waals surface area contributed by atoms with Crippen LogP contribution in [0.5, 0.6) is 11.5 Å². The maximum atomic E-state index is 15.2. The third-order valence-corrected chi connectivity index (χ3v) is 4.52. The van der Waals surface area contributed by atoms with E-state index in [1.807, 2.05) is 0 Å². The van der Waals surface area contributed by atoms with Gasteiger partial charge in [0.1, 0.15) is 17.4 Å². The Morgan fingerprint density at radius 2 is 1.85 bits per heavy atom. The molecule has 34 heavy (non-hydrogen) atoms. The number of rotatable bonds is 9. The second kappa shape index (κ2) is 13.4. The number of ether oxygens (including phenoxy) is 2. The van der Waals surface area contributed by atoms with Crippen molar-refractivity contribution in [3.05, 3.63) is 89.2 Å². The van der Waals surface area contributed by atoms with E-state index in [1.54, 1.807) is 43.3 Å². The lowest BCUT2D eigenvalue weighted by Gasteiger charge is -2.20. The fourth-order valence-electron chi connectivity index (χ4n) is 2.94. The number of amidine groups is 1. The van der Waals surface area contributed by atoms with Crippen molar-refractivity contribution in [2.24, 2.45) is 5.73 Å². The van der Waals surface area contributed by atoms with E-state index in [2.05, 4.69) is 10.3 Å². The molecule has 3 aromatic rings. The van der Waals surface area contributed by atoms with Gasteiger partial charge in [-0.1, -0.05) is 24.3 Å². The van der Waals surface area contributed by atoms with Gasteiger partial charge in [-0.3, -0.25) is 15.2 Å². The molecule has 0 aliphatic carbocycles. The van der Waals surface area contributed by atoms with Crippen molar-refractivity contribution in [3.63, 3.8) is 0 Å². The highest BCUT2D eigenvalue weighted by molar-refractivity contribution is 5.94. The summed E-state index contributed by atoms with van der Waals surface area (Å²) in [6, 6.07) is 12.0. The molecule has 0 radical (unpaired) electrons. The summed E-state index contributed by atoms with van der Waals surface area (Å²) in [6.07, 6.45) is 1.39. The van der Waals surface area contributed by atoms with Crippen molar-refractivity contribution >= 4 is 36.6 Å². The molecular weight excluding hydrogens is 489 g/mol. The van der Waals surface area contributed by atoms with Crippen LogP contribution in [-0.4, -0.2) is 23.3 Å². The highest BCUT2D eigenvalue weighted by atomic mass is 35.5. The third kappa shape index (κ3) is 7.11. The number of carbonyl (C=O) groups is 1. The van der Waals surface area contributed by atoms with Gasteiger partial charge in [0.05, 0.1) is 11.8 Å². The van der Waals surface area contributed by atoms with E-state index in [0.717, 1.165) is 12.1 Å². The summed E-state index contributed by atoms with van der Waals surface area (Å²) in [7, 11) is 0. The summed E-state index contributed by atoms with van der Waals surface area (Å²) >= 11 is 0. The van der Waals surface area contributed by atoms with Gasteiger partial charge in [0.25, 0.3) is 5.91 Å². The number of halogens is 4. The van der Waals surface area contributed by atoms with Crippen molar-refractivity contribution < 1.29 is 23.0 Å². The van der Waals surface area contributed by atoms with Gasteiger partial charge in [0.2, 0.25) is 0 Å². The number of aromatic nitrogens is 1. The molecule has 2 aromatic carbocycles. The number of carbonyl (C=O) groups excluding carboxylic acids is 1. The van der Waals surface area contributed by atoms with Crippen LogP contribution in [-0.2, 0) is 16.1 Å². The molecule has 0 fully saturated rings. The summed E-state index contributed by atoms with van der Waals surface area (Å²) in [4.78, 5) is 16.7. The van der Waals surface area contributed by atoms with E-state index in [-0.39, 0.29) is 55.3 Å². The number of nitrogens with two attached hydrogens (primary N) is 1. The first-order valence-electron chi connectivity index (χ1n) is 9.79. The molecule has 4 N–H and O–H groups in total. The second-order valence-electron chi connectivity index (χ2n) is 6.73. The van der Waals surface area contributed by atoms with E-state index in [1.165, 1.54) is 12.4 Å². The van der Waals surface area contributed by atoms with Crippen LogP contribution in [0, 0.1) is 17.0 Å². The SMILES string of the molecule is CCO[C@H](C(=O)NCc1ccc(C(=N)N)cc1)c1c(F)ccc(Oc2cccnc2)c1F.Cl.Cl. The maximum absolute atomic E-state index is 15.2. The minimum absolute atomic E-state index is 0. The van der Waals surface area contributed by atoms with Crippen LogP contribution < -0.4 is 15.8 Å². The van der Waals surface area contributed by atoms with Crippen LogP contribution in [0.1, 0.15) is 29.7 Å². The quantitative estimate of drug-likeness (QED) is 0.285. The van der Waals surface area contributed by atoms with Crippen LogP contribution in [0.2, 0.25) is 0 Å². The van der Waals surface area contributed by atoms with Crippen molar-refractivity contribution in [2.75, 3.05) is 6.61 Å². The van der Waals surface area contributed by atoms with E-state index in [4.69, 9.17) is 20.6 Å². The zero-order valence-corrected chi connectivity index (χ0v) is 19.7. The van der Waals surface area contributed by atoms with Gasteiger partial charge in [-0.25, -0.2) is 8.78 Å². The number of nitrogens with zero attached hydrogens (tertiary/aromatic N) is 1. The van der Waals surface area contributed by atoms with Gasteiger partial charge in [0, 0.05) is 24.9 Å². The minimum atomic E-state index is -1.52. The highest BCUT2D eigenvalue weighted by Crippen LogP contribution is 2.32. The molecule has 0 spiro atoms. The largest absolute Gasteiger partial charge is 0.453 e. The van der Waals surface area contributed by atoms with Crippen molar-refractivity contribution in [1.82, 2.24) is 10.3 Å². The molecular formula is C23H24Cl2F2N4O3. The average Bonchev–Trinajstić information content (AvgIpc) is 2.80. The normalized spacial score (nSPS) is 10.9. The number of amides is 1. The Kier molecular flexibility index (Phi) is 11.4. The molecule has 7 nitrogen and oxygen atoms in total. The zero-order chi connectivity index (χ0) is 23.1. The number of benzene rings is 2. The summed E-state index contributed by atoms with van der Waals surface area (Å²) in [5.74, 6) is -2.74. The summed E-state index contributed by atoms with van der Waals surface area (Å²) in [5, 5.41) is 10.0. The summed E-state index contributed by atoms with van der Waals surface area (Å²) in [6.45, 7) is 1.76. The lowest BCUT2D eigenvalue weighted by Crippen LogP contribution is -2.31. The first-order chi connectivity index (χ1) is 15.4. The molecule has 0 saturated heterocycles. The molecule has 1 heterocycles. The Morgan fingerprint density at radius 1 is 1.15 bits per heavy atom. The molecule has 0 aliphatic rings. The first kappa shape index (κ1) is 28.8. The Morgan fingerprint density at radius 3 is 2.44 bits per heavy atom. The lowest BCUT2D eigenvalue weighted by molar-refractivity contribution is -0.133. The molecule has 0 saturated carbocycles. The maximum Gasteiger partial charge on any atom is 0.254 e. The van der Waals surface area contributed by atoms with Gasteiger partial charge in [-0.05, 0) is 36.8 Å². The van der Waals surface area contributed by atoms with Crippen molar-refractivity contribution in [1.29, 1.82) is 5.41 Å². The average molecular weight is 513 g/mol. The molecule has 1 amide bonds. The van der Waals surface area contributed by atoms with Gasteiger partial charge in [-0.15, -0.1) is 24.8 Å². The fourth-order valence-corrected chi connectivity index (χ4v) is 2.94. The van der Waals surface area contributed by atoms with Gasteiger partial charge < -0.3 is 20.5 Å². The number of hydrogen-bond acceptors (Lipinski definition) is 5. The van der Waals surface area contributed by atoms with E-state index in [0.29, 0.717) is 11.1 Å². The molecule has 182 valence electrons. The molecule has 11 heteroatoms. The smallest absolute Gasteiger partial charge is 0.254 e. The molecule has 1 atom stereocenters. The Balaban J connectivity index is 0.00000289. The topological polar surface area (TPSA) is 110 Å².